The molecule has 0 unspecified atom stereocenters. The Balaban J connectivity index is 0.000000837. The monoisotopic (exact) mass is 462 g/mol. The highest BCUT2D eigenvalue weighted by atomic mass is 32.2. The first-order valence-corrected chi connectivity index (χ1v) is 12.3. The van der Waals surface area contributed by atoms with Crippen LogP contribution in [0.1, 0.15) is 57.2 Å². The van der Waals surface area contributed by atoms with Crippen LogP contribution in [0, 0.1) is 0 Å². The summed E-state index contributed by atoms with van der Waals surface area (Å²) in [4.78, 5) is 9.18. The molecule has 0 heterocycles. The molecule has 176 valence electrons. The Labute approximate surface area is 190 Å². The van der Waals surface area contributed by atoms with E-state index in [0.29, 0.717) is 17.3 Å². The van der Waals surface area contributed by atoms with E-state index in [2.05, 4.69) is 17.0 Å². The van der Waals surface area contributed by atoms with Crippen molar-refractivity contribution in [1.82, 2.24) is 5.32 Å². The molecule has 0 amide bonds. The molecular weight excluding hydrogens is 428 g/mol. The third kappa shape index (κ3) is 7.62. The van der Waals surface area contributed by atoms with Crippen LogP contribution < -0.4 is 10.0 Å². The molecule has 0 bridgehead atoms. The zero-order chi connectivity index (χ0) is 23.9. The Morgan fingerprint density at radius 3 is 2.31 bits per heavy atom. The van der Waals surface area contributed by atoms with Crippen molar-refractivity contribution in [3.63, 3.8) is 0 Å². The number of rotatable bonds is 7. The van der Waals surface area contributed by atoms with Crippen LogP contribution >= 0.6 is 0 Å². The summed E-state index contributed by atoms with van der Waals surface area (Å²) in [5.74, 6) is -0.833. The van der Waals surface area contributed by atoms with E-state index >= 15 is 0 Å². The minimum absolute atomic E-state index is 0.182. The highest BCUT2D eigenvalue weighted by molar-refractivity contribution is 7.92. The van der Waals surface area contributed by atoms with Crippen molar-refractivity contribution >= 4 is 21.7 Å². The number of nitrogens with one attached hydrogen (secondary N) is 2. The summed E-state index contributed by atoms with van der Waals surface area (Å²) < 4.78 is 28.1. The second-order valence-corrected chi connectivity index (χ2v) is 10.3. The molecule has 0 saturated heterocycles. The average Bonchev–Trinajstić information content (AvgIpc) is 2.71. The topological polar surface area (TPSA) is 116 Å². The number of carbonyl (C=O) groups is 1. The molecule has 1 aliphatic carbocycles. The van der Waals surface area contributed by atoms with Gasteiger partial charge in [-0.25, -0.2) is 8.42 Å². The SMILES string of the molecule is CC(=O)O.CCCN[C@H]1CCc2cc(NS(=O)(=O)c3ccc(C(C)(C)O)cc3)ccc2C1. The molecule has 1 atom stereocenters. The molecular formula is C24H34N2O5S. The predicted octanol–water partition coefficient (Wildman–Crippen LogP) is 3.66. The fourth-order valence-electron chi connectivity index (χ4n) is 3.60. The minimum atomic E-state index is -3.67. The molecule has 0 radical (unpaired) electrons. The van der Waals surface area contributed by atoms with Gasteiger partial charge in [-0.3, -0.25) is 9.52 Å². The standard InChI is InChI=1S/C22H30N2O3S.C2H4O2/c1-4-13-23-19-9-5-17-15-20(10-6-16(17)14-19)24-28(26,27)21-11-7-18(8-12-21)22(2,3)25;1-2(3)4/h6-8,10-12,15,19,23-25H,4-5,9,13-14H2,1-3H3;1H3,(H,3,4)/t19-;/m0./s1. The highest BCUT2D eigenvalue weighted by Gasteiger charge is 2.21. The van der Waals surface area contributed by atoms with E-state index in [1.165, 1.54) is 23.3 Å². The van der Waals surface area contributed by atoms with Gasteiger partial charge in [-0.15, -0.1) is 0 Å². The Bertz CT molecular complexity index is 1010. The highest BCUT2D eigenvalue weighted by Crippen LogP contribution is 2.27. The summed E-state index contributed by atoms with van der Waals surface area (Å²) in [5.41, 5.74) is 2.76. The first kappa shape index (κ1) is 25.8. The van der Waals surface area contributed by atoms with Crippen molar-refractivity contribution in [2.75, 3.05) is 11.3 Å². The van der Waals surface area contributed by atoms with E-state index in [9.17, 15) is 13.5 Å². The average molecular weight is 463 g/mol. The normalized spacial score (nSPS) is 15.8. The van der Waals surface area contributed by atoms with Gasteiger partial charge in [-0.2, -0.15) is 0 Å². The first-order valence-electron chi connectivity index (χ1n) is 10.8. The fourth-order valence-corrected chi connectivity index (χ4v) is 4.65. The summed E-state index contributed by atoms with van der Waals surface area (Å²) >= 11 is 0. The van der Waals surface area contributed by atoms with Crippen molar-refractivity contribution < 1.29 is 23.4 Å². The Morgan fingerprint density at radius 2 is 1.75 bits per heavy atom. The number of aliphatic hydroxyl groups is 1. The Hall–Kier alpha value is -2.42. The zero-order valence-corrected chi connectivity index (χ0v) is 20.0. The van der Waals surface area contributed by atoms with Gasteiger partial charge in [0, 0.05) is 18.7 Å². The first-order chi connectivity index (χ1) is 14.9. The van der Waals surface area contributed by atoms with Gasteiger partial charge in [0.05, 0.1) is 10.5 Å². The molecule has 0 saturated carbocycles. The van der Waals surface area contributed by atoms with Crippen LogP contribution in [0.4, 0.5) is 5.69 Å². The molecule has 0 fully saturated rings. The maximum absolute atomic E-state index is 12.7. The predicted molar refractivity (Wildman–Crippen MR) is 126 cm³/mol. The van der Waals surface area contributed by atoms with Crippen LogP contribution in [0.2, 0.25) is 0 Å². The molecule has 8 heteroatoms. The van der Waals surface area contributed by atoms with Gasteiger partial charge in [-0.05, 0) is 87.0 Å². The molecule has 32 heavy (non-hydrogen) atoms. The number of aryl methyl sites for hydroxylation is 1. The van der Waals surface area contributed by atoms with Crippen LogP contribution in [0.5, 0.6) is 0 Å². The van der Waals surface area contributed by atoms with Crippen LogP contribution in [0.15, 0.2) is 47.4 Å². The molecule has 2 aromatic rings. The number of hydrogen-bond acceptors (Lipinski definition) is 5. The van der Waals surface area contributed by atoms with Crippen LogP contribution in [-0.4, -0.2) is 37.2 Å². The molecule has 3 rings (SSSR count). The minimum Gasteiger partial charge on any atom is -0.481 e. The maximum Gasteiger partial charge on any atom is 0.300 e. The van der Waals surface area contributed by atoms with Crippen molar-refractivity contribution in [2.45, 2.75) is 69.9 Å². The summed E-state index contributed by atoms with van der Waals surface area (Å²) in [6.45, 7) is 7.62. The van der Waals surface area contributed by atoms with Crippen molar-refractivity contribution in [3.05, 3.63) is 59.2 Å². The summed E-state index contributed by atoms with van der Waals surface area (Å²) in [7, 11) is -3.67. The maximum atomic E-state index is 12.7. The van der Waals surface area contributed by atoms with E-state index in [1.54, 1.807) is 26.0 Å². The van der Waals surface area contributed by atoms with Crippen LogP contribution in [0.3, 0.4) is 0 Å². The van der Waals surface area contributed by atoms with Crippen molar-refractivity contribution in [1.29, 1.82) is 0 Å². The van der Waals surface area contributed by atoms with E-state index in [0.717, 1.165) is 39.2 Å². The Kier molecular flexibility index (Phi) is 8.83. The van der Waals surface area contributed by atoms with Gasteiger partial charge in [-0.1, -0.05) is 25.1 Å². The molecule has 7 nitrogen and oxygen atoms in total. The van der Waals surface area contributed by atoms with Crippen molar-refractivity contribution in [3.8, 4) is 0 Å². The number of aliphatic carboxylic acids is 1. The lowest BCUT2D eigenvalue weighted by molar-refractivity contribution is -0.134. The largest absolute Gasteiger partial charge is 0.481 e. The van der Waals surface area contributed by atoms with E-state index in [4.69, 9.17) is 9.90 Å². The number of benzene rings is 2. The van der Waals surface area contributed by atoms with E-state index < -0.39 is 21.6 Å². The summed E-state index contributed by atoms with van der Waals surface area (Å²) in [6, 6.07) is 12.7. The lowest BCUT2D eigenvalue weighted by Gasteiger charge is -2.26. The quantitative estimate of drug-likeness (QED) is 0.499. The van der Waals surface area contributed by atoms with E-state index in [1.807, 2.05) is 18.2 Å². The third-order valence-electron chi connectivity index (χ3n) is 5.24. The summed E-state index contributed by atoms with van der Waals surface area (Å²) in [5, 5.41) is 21.0. The lowest BCUT2D eigenvalue weighted by Crippen LogP contribution is -2.35. The molecule has 1 aliphatic rings. The molecule has 0 spiro atoms. The van der Waals surface area contributed by atoms with Gasteiger partial charge >= 0.3 is 0 Å². The summed E-state index contributed by atoms with van der Waals surface area (Å²) in [6.07, 6.45) is 4.13. The molecule has 2 aromatic carbocycles. The molecule has 0 aromatic heterocycles. The second-order valence-electron chi connectivity index (χ2n) is 8.59. The number of sulfonamides is 1. The number of hydrogen-bond donors (Lipinski definition) is 4. The van der Waals surface area contributed by atoms with Gasteiger partial charge in [0.15, 0.2) is 0 Å². The third-order valence-corrected chi connectivity index (χ3v) is 6.64. The van der Waals surface area contributed by atoms with Crippen LogP contribution in [0.25, 0.3) is 0 Å². The number of anilines is 1. The Morgan fingerprint density at radius 1 is 1.12 bits per heavy atom. The lowest BCUT2D eigenvalue weighted by atomic mass is 9.88. The smallest absolute Gasteiger partial charge is 0.300 e. The second kappa shape index (κ2) is 10.9. The van der Waals surface area contributed by atoms with Gasteiger partial charge in [0.25, 0.3) is 16.0 Å². The van der Waals surface area contributed by atoms with E-state index in [-0.39, 0.29) is 4.90 Å². The molecule has 0 aliphatic heterocycles. The van der Waals surface area contributed by atoms with Gasteiger partial charge < -0.3 is 15.5 Å². The number of carboxylic acids is 1. The van der Waals surface area contributed by atoms with Crippen molar-refractivity contribution in [2.24, 2.45) is 0 Å². The van der Waals surface area contributed by atoms with Gasteiger partial charge in [0.1, 0.15) is 0 Å². The van der Waals surface area contributed by atoms with Gasteiger partial charge in [0.2, 0.25) is 0 Å². The van der Waals surface area contributed by atoms with Crippen LogP contribution in [-0.2, 0) is 33.3 Å². The molecule has 4 N–H and O–H groups in total. The zero-order valence-electron chi connectivity index (χ0n) is 19.2. The fraction of sp³-hybridized carbons (Fsp3) is 0.458. The number of fused-ring (bicyclic) bond motifs is 1. The number of carboxylic acid groups (broad SMARTS) is 1.